The summed E-state index contributed by atoms with van der Waals surface area (Å²) in [7, 11) is 0. The number of carbonyl (C=O) groups excluding carboxylic acids is 3. The molecule has 3 amide bonds. The Balaban J connectivity index is 1.49. The molecular formula is C18H21ClN2O3. The molecule has 6 heteroatoms. The Bertz CT molecular complexity index is 637. The molecule has 1 saturated heterocycles. The Labute approximate surface area is 146 Å². The zero-order valence-electron chi connectivity index (χ0n) is 13.5. The highest BCUT2D eigenvalue weighted by molar-refractivity contribution is 6.30. The number of amides is 3. The van der Waals surface area contributed by atoms with Crippen LogP contribution in [0.3, 0.4) is 0 Å². The molecule has 24 heavy (non-hydrogen) atoms. The maximum atomic E-state index is 12.3. The number of benzene rings is 1. The minimum absolute atomic E-state index is 0.0904. The molecule has 0 aromatic heterocycles. The van der Waals surface area contributed by atoms with E-state index in [1.165, 1.54) is 4.90 Å². The first-order valence-electron chi connectivity index (χ1n) is 8.42. The first-order valence-corrected chi connectivity index (χ1v) is 8.80. The van der Waals surface area contributed by atoms with Crippen LogP contribution in [0, 0.1) is 11.8 Å². The standard InChI is InChI=1S/C18H21ClN2O3/c19-13-5-3-4-12(10-13)11-20-16(22)8-9-21-17(23)14-6-1-2-7-15(14)18(21)24/h3-5,10,14-15H,1-2,6-9,11H2,(H,20,22)/t14-,15-/m0/s1. The van der Waals surface area contributed by atoms with Crippen molar-refractivity contribution in [1.29, 1.82) is 0 Å². The summed E-state index contributed by atoms with van der Waals surface area (Å²) in [6, 6.07) is 7.27. The zero-order valence-corrected chi connectivity index (χ0v) is 14.2. The predicted molar refractivity (Wildman–Crippen MR) is 90.1 cm³/mol. The van der Waals surface area contributed by atoms with Crippen LogP contribution >= 0.6 is 11.6 Å². The number of hydrogen-bond acceptors (Lipinski definition) is 3. The number of carbonyl (C=O) groups is 3. The summed E-state index contributed by atoms with van der Waals surface area (Å²) < 4.78 is 0. The summed E-state index contributed by atoms with van der Waals surface area (Å²) in [6.45, 7) is 0.554. The van der Waals surface area contributed by atoms with E-state index in [-0.39, 0.29) is 42.5 Å². The quantitative estimate of drug-likeness (QED) is 0.831. The highest BCUT2D eigenvalue weighted by Crippen LogP contribution is 2.37. The fourth-order valence-electron chi connectivity index (χ4n) is 3.60. The van der Waals surface area contributed by atoms with Crippen LogP contribution in [-0.2, 0) is 20.9 Å². The fraction of sp³-hybridized carbons (Fsp3) is 0.500. The number of rotatable bonds is 5. The van der Waals surface area contributed by atoms with E-state index in [1.807, 2.05) is 12.1 Å². The zero-order chi connectivity index (χ0) is 17.1. The molecule has 0 unspecified atom stereocenters. The number of nitrogens with zero attached hydrogens (tertiary/aromatic N) is 1. The minimum Gasteiger partial charge on any atom is -0.352 e. The van der Waals surface area contributed by atoms with Gasteiger partial charge in [-0.2, -0.15) is 0 Å². The van der Waals surface area contributed by atoms with Crippen molar-refractivity contribution in [1.82, 2.24) is 10.2 Å². The Kier molecular flexibility index (Phi) is 5.19. The van der Waals surface area contributed by atoms with Crippen molar-refractivity contribution in [3.05, 3.63) is 34.9 Å². The summed E-state index contributed by atoms with van der Waals surface area (Å²) in [5.74, 6) is -0.660. The van der Waals surface area contributed by atoms with E-state index in [0.717, 1.165) is 31.2 Å². The molecule has 3 rings (SSSR count). The van der Waals surface area contributed by atoms with Gasteiger partial charge in [-0.15, -0.1) is 0 Å². The predicted octanol–water partition coefficient (Wildman–Crippen LogP) is 2.52. The van der Waals surface area contributed by atoms with Crippen LogP contribution in [0.4, 0.5) is 0 Å². The highest BCUT2D eigenvalue weighted by atomic mass is 35.5. The van der Waals surface area contributed by atoms with Crippen molar-refractivity contribution in [3.8, 4) is 0 Å². The second-order valence-electron chi connectivity index (χ2n) is 6.48. The van der Waals surface area contributed by atoms with Crippen molar-refractivity contribution in [3.63, 3.8) is 0 Å². The van der Waals surface area contributed by atoms with Crippen LogP contribution in [0.5, 0.6) is 0 Å². The number of imide groups is 1. The lowest BCUT2D eigenvalue weighted by atomic mass is 9.81. The largest absolute Gasteiger partial charge is 0.352 e. The number of nitrogens with one attached hydrogen (secondary N) is 1. The third-order valence-corrected chi connectivity index (χ3v) is 5.11. The molecule has 1 aliphatic carbocycles. The van der Waals surface area contributed by atoms with Gasteiger partial charge in [0.2, 0.25) is 17.7 Å². The first kappa shape index (κ1) is 17.0. The summed E-state index contributed by atoms with van der Waals surface area (Å²) in [6.07, 6.45) is 3.75. The van der Waals surface area contributed by atoms with E-state index in [0.29, 0.717) is 11.6 Å². The fourth-order valence-corrected chi connectivity index (χ4v) is 3.81. The van der Waals surface area contributed by atoms with Crippen molar-refractivity contribution < 1.29 is 14.4 Å². The van der Waals surface area contributed by atoms with Crippen LogP contribution in [0.2, 0.25) is 5.02 Å². The highest BCUT2D eigenvalue weighted by Gasteiger charge is 2.47. The van der Waals surface area contributed by atoms with E-state index < -0.39 is 0 Å². The maximum absolute atomic E-state index is 12.3. The van der Waals surface area contributed by atoms with Crippen LogP contribution in [0.15, 0.2) is 24.3 Å². The SMILES string of the molecule is O=C(CCN1C(=O)[C@H]2CCCC[C@@H]2C1=O)NCc1cccc(Cl)c1. The van der Waals surface area contributed by atoms with E-state index in [4.69, 9.17) is 11.6 Å². The number of fused-ring (bicyclic) bond motifs is 1. The lowest BCUT2D eigenvalue weighted by Gasteiger charge is -2.19. The molecule has 1 N–H and O–H groups in total. The Morgan fingerprint density at radius 1 is 1.17 bits per heavy atom. The van der Waals surface area contributed by atoms with Gasteiger partial charge in [-0.3, -0.25) is 19.3 Å². The second kappa shape index (κ2) is 7.34. The van der Waals surface area contributed by atoms with Crippen LogP contribution in [-0.4, -0.2) is 29.2 Å². The number of likely N-dealkylation sites (tertiary alicyclic amines) is 1. The topological polar surface area (TPSA) is 66.5 Å². The van der Waals surface area contributed by atoms with Gasteiger partial charge in [0.1, 0.15) is 0 Å². The van der Waals surface area contributed by atoms with Gasteiger partial charge in [-0.25, -0.2) is 0 Å². The minimum atomic E-state index is -0.176. The molecule has 1 heterocycles. The molecule has 2 aliphatic rings. The normalized spacial score (nSPS) is 23.3. The van der Waals surface area contributed by atoms with Gasteiger partial charge in [-0.05, 0) is 30.5 Å². The molecule has 1 aromatic carbocycles. The molecular weight excluding hydrogens is 328 g/mol. The lowest BCUT2D eigenvalue weighted by molar-refractivity contribution is -0.140. The summed E-state index contributed by atoms with van der Waals surface area (Å²) in [5, 5.41) is 3.42. The monoisotopic (exact) mass is 348 g/mol. The Morgan fingerprint density at radius 2 is 1.83 bits per heavy atom. The van der Waals surface area contributed by atoms with Gasteiger partial charge in [0, 0.05) is 24.5 Å². The molecule has 2 fully saturated rings. The van der Waals surface area contributed by atoms with Gasteiger partial charge in [-0.1, -0.05) is 36.6 Å². The number of halogens is 1. The third kappa shape index (κ3) is 3.61. The van der Waals surface area contributed by atoms with Crippen molar-refractivity contribution in [2.75, 3.05) is 6.54 Å². The smallest absolute Gasteiger partial charge is 0.233 e. The summed E-state index contributed by atoms with van der Waals surface area (Å²) in [4.78, 5) is 38.0. The molecule has 128 valence electrons. The molecule has 1 aromatic rings. The molecule has 5 nitrogen and oxygen atoms in total. The van der Waals surface area contributed by atoms with E-state index in [2.05, 4.69) is 5.32 Å². The van der Waals surface area contributed by atoms with Gasteiger partial charge in [0.25, 0.3) is 0 Å². The van der Waals surface area contributed by atoms with Gasteiger partial charge >= 0.3 is 0 Å². The van der Waals surface area contributed by atoms with Gasteiger partial charge < -0.3 is 5.32 Å². The molecule has 1 aliphatic heterocycles. The maximum Gasteiger partial charge on any atom is 0.233 e. The molecule has 2 atom stereocenters. The Morgan fingerprint density at radius 3 is 2.46 bits per heavy atom. The summed E-state index contributed by atoms with van der Waals surface area (Å²) in [5.41, 5.74) is 0.912. The van der Waals surface area contributed by atoms with E-state index in [1.54, 1.807) is 12.1 Å². The molecule has 0 radical (unpaired) electrons. The number of hydrogen-bond donors (Lipinski definition) is 1. The van der Waals surface area contributed by atoms with Crippen molar-refractivity contribution in [2.45, 2.75) is 38.6 Å². The summed E-state index contributed by atoms with van der Waals surface area (Å²) >= 11 is 5.91. The Hall–Kier alpha value is -1.88. The van der Waals surface area contributed by atoms with Crippen LogP contribution in [0.25, 0.3) is 0 Å². The van der Waals surface area contributed by atoms with E-state index >= 15 is 0 Å². The average Bonchev–Trinajstić information content (AvgIpc) is 2.83. The van der Waals surface area contributed by atoms with Crippen molar-refractivity contribution in [2.24, 2.45) is 11.8 Å². The molecule has 1 saturated carbocycles. The van der Waals surface area contributed by atoms with Gasteiger partial charge in [0.15, 0.2) is 0 Å². The molecule has 0 spiro atoms. The van der Waals surface area contributed by atoms with Gasteiger partial charge in [0.05, 0.1) is 11.8 Å². The lowest BCUT2D eigenvalue weighted by Crippen LogP contribution is -2.35. The van der Waals surface area contributed by atoms with Crippen LogP contribution < -0.4 is 5.32 Å². The van der Waals surface area contributed by atoms with E-state index in [9.17, 15) is 14.4 Å². The average molecular weight is 349 g/mol. The van der Waals surface area contributed by atoms with Crippen molar-refractivity contribution >= 4 is 29.3 Å². The third-order valence-electron chi connectivity index (χ3n) is 4.87. The van der Waals surface area contributed by atoms with Crippen LogP contribution in [0.1, 0.15) is 37.7 Å². The molecule has 0 bridgehead atoms. The second-order valence-corrected chi connectivity index (χ2v) is 6.92. The first-order chi connectivity index (χ1) is 11.6.